The van der Waals surface area contributed by atoms with Crippen LogP contribution in [0.4, 0.5) is 0 Å². The van der Waals surface area contributed by atoms with Crippen LogP contribution in [0.3, 0.4) is 0 Å². The molecule has 3 aromatic carbocycles. The third-order valence-corrected chi connectivity index (χ3v) is 5.97. The van der Waals surface area contributed by atoms with E-state index in [1.807, 2.05) is 24.3 Å². The Morgan fingerprint density at radius 3 is 2.07 bits per heavy atom. The van der Waals surface area contributed by atoms with Gasteiger partial charge in [0.2, 0.25) is 9.47 Å². The molecule has 7 heteroatoms. The molecule has 136 valence electrons. The number of halogens is 3. The lowest BCUT2D eigenvalue weighted by molar-refractivity contribution is 0.983. The second-order valence-corrected chi connectivity index (χ2v) is 8.48. The fourth-order valence-corrected chi connectivity index (χ4v) is 4.94. The minimum absolute atomic E-state index is 0.482. The van der Waals surface area contributed by atoms with Crippen molar-refractivity contribution in [2.45, 2.75) is 0 Å². The SMILES string of the molecule is Brc1nc(Br)nc(-c2c(Br)ccc3c4ccccc4n(-c4ccccc4)c23)n1. The van der Waals surface area contributed by atoms with E-state index < -0.39 is 0 Å². The van der Waals surface area contributed by atoms with Gasteiger partial charge in [-0.25, -0.2) is 9.97 Å². The first-order valence-corrected chi connectivity index (χ1v) is 10.9. The van der Waals surface area contributed by atoms with E-state index >= 15 is 0 Å². The average Bonchev–Trinajstić information content (AvgIpc) is 3.02. The fraction of sp³-hybridized carbons (Fsp3) is 0. The van der Waals surface area contributed by atoms with Gasteiger partial charge in [0.1, 0.15) is 0 Å². The van der Waals surface area contributed by atoms with Gasteiger partial charge >= 0.3 is 0 Å². The van der Waals surface area contributed by atoms with E-state index in [2.05, 4.69) is 110 Å². The number of para-hydroxylation sites is 2. The average molecular weight is 559 g/mol. The first kappa shape index (κ1) is 18.0. The Labute approximate surface area is 186 Å². The molecule has 0 radical (unpaired) electrons. The molecule has 0 N–H and O–H groups in total. The molecular formula is C21H11Br3N4. The zero-order valence-electron chi connectivity index (χ0n) is 14.3. The highest BCUT2D eigenvalue weighted by atomic mass is 79.9. The molecule has 2 aromatic heterocycles. The molecule has 0 amide bonds. The molecule has 0 unspecified atom stereocenters. The van der Waals surface area contributed by atoms with Gasteiger partial charge in [-0.2, -0.15) is 4.98 Å². The van der Waals surface area contributed by atoms with Crippen molar-refractivity contribution in [3.8, 4) is 17.1 Å². The van der Waals surface area contributed by atoms with Crippen molar-refractivity contribution in [1.82, 2.24) is 19.5 Å². The minimum Gasteiger partial charge on any atom is -0.308 e. The zero-order chi connectivity index (χ0) is 19.3. The van der Waals surface area contributed by atoms with Crippen LogP contribution in [0.5, 0.6) is 0 Å². The van der Waals surface area contributed by atoms with Crippen LogP contribution in [0, 0.1) is 0 Å². The van der Waals surface area contributed by atoms with Gasteiger partial charge in [0.05, 0.1) is 16.6 Å². The molecule has 28 heavy (non-hydrogen) atoms. The lowest BCUT2D eigenvalue weighted by Gasteiger charge is -2.12. The van der Waals surface area contributed by atoms with E-state index in [4.69, 9.17) is 0 Å². The molecule has 0 saturated heterocycles. The Hall–Kier alpha value is -2.09. The van der Waals surface area contributed by atoms with E-state index in [0.29, 0.717) is 15.3 Å². The Morgan fingerprint density at radius 1 is 0.643 bits per heavy atom. The van der Waals surface area contributed by atoms with Gasteiger partial charge in [-0.05, 0) is 72.1 Å². The van der Waals surface area contributed by atoms with Crippen molar-refractivity contribution in [2.24, 2.45) is 0 Å². The Balaban J connectivity index is 2.01. The second kappa shape index (κ2) is 7.06. The standard InChI is InChI=1S/C21H11Br3N4/c22-15-11-10-14-13-8-4-5-9-16(13)28(12-6-2-1-3-7-12)18(14)17(15)19-25-20(23)27-21(24)26-19/h1-11H. The Morgan fingerprint density at radius 2 is 1.32 bits per heavy atom. The van der Waals surface area contributed by atoms with Gasteiger partial charge in [0.15, 0.2) is 5.82 Å². The number of rotatable bonds is 2. The monoisotopic (exact) mass is 556 g/mol. The van der Waals surface area contributed by atoms with Gasteiger partial charge in [-0.15, -0.1) is 0 Å². The topological polar surface area (TPSA) is 43.6 Å². The first-order chi connectivity index (χ1) is 13.6. The molecular weight excluding hydrogens is 548 g/mol. The molecule has 4 nitrogen and oxygen atoms in total. The maximum atomic E-state index is 4.54. The van der Waals surface area contributed by atoms with E-state index in [1.54, 1.807) is 0 Å². The maximum absolute atomic E-state index is 4.54. The van der Waals surface area contributed by atoms with E-state index in [9.17, 15) is 0 Å². The highest BCUT2D eigenvalue weighted by Crippen LogP contribution is 2.40. The number of aromatic nitrogens is 4. The van der Waals surface area contributed by atoms with E-state index in [0.717, 1.165) is 32.1 Å². The normalized spacial score (nSPS) is 11.4. The molecule has 5 aromatic rings. The molecule has 0 saturated carbocycles. The van der Waals surface area contributed by atoms with Crippen LogP contribution in [0.1, 0.15) is 0 Å². The number of nitrogens with zero attached hydrogens (tertiary/aromatic N) is 4. The predicted molar refractivity (Wildman–Crippen MR) is 123 cm³/mol. The van der Waals surface area contributed by atoms with Crippen LogP contribution in [-0.2, 0) is 0 Å². The molecule has 0 fully saturated rings. The van der Waals surface area contributed by atoms with Gasteiger partial charge in [0, 0.05) is 20.9 Å². The van der Waals surface area contributed by atoms with Gasteiger partial charge in [0.25, 0.3) is 0 Å². The van der Waals surface area contributed by atoms with Gasteiger partial charge in [-0.3, -0.25) is 0 Å². The summed E-state index contributed by atoms with van der Waals surface area (Å²) in [5, 5.41) is 2.33. The summed E-state index contributed by atoms with van der Waals surface area (Å²) in [6.07, 6.45) is 0. The summed E-state index contributed by atoms with van der Waals surface area (Å²) in [4.78, 5) is 13.3. The number of fused-ring (bicyclic) bond motifs is 3. The van der Waals surface area contributed by atoms with E-state index in [1.165, 1.54) is 5.39 Å². The van der Waals surface area contributed by atoms with Crippen molar-refractivity contribution < 1.29 is 0 Å². The Kier molecular flexibility index (Phi) is 4.53. The quantitative estimate of drug-likeness (QED) is 0.236. The molecule has 0 atom stereocenters. The summed E-state index contributed by atoms with van der Waals surface area (Å²) in [5.74, 6) is 0.589. The predicted octanol–water partition coefficient (Wildman–Crippen LogP) is 6.92. The summed E-state index contributed by atoms with van der Waals surface area (Å²) in [5.41, 5.74) is 4.18. The lowest BCUT2D eigenvalue weighted by Crippen LogP contribution is -1.99. The van der Waals surface area contributed by atoms with Crippen LogP contribution in [0.2, 0.25) is 0 Å². The Bertz CT molecular complexity index is 1330. The van der Waals surface area contributed by atoms with Crippen molar-refractivity contribution in [1.29, 1.82) is 0 Å². The van der Waals surface area contributed by atoms with Crippen molar-refractivity contribution in [3.63, 3.8) is 0 Å². The summed E-state index contributed by atoms with van der Waals surface area (Å²) in [6.45, 7) is 0. The zero-order valence-corrected chi connectivity index (χ0v) is 19.0. The van der Waals surface area contributed by atoms with Crippen LogP contribution in [0.15, 0.2) is 80.7 Å². The smallest absolute Gasteiger partial charge is 0.201 e. The maximum Gasteiger partial charge on any atom is 0.201 e. The molecule has 0 aliphatic carbocycles. The molecule has 0 aliphatic heterocycles. The molecule has 0 bridgehead atoms. The van der Waals surface area contributed by atoms with Crippen LogP contribution < -0.4 is 0 Å². The fourth-order valence-electron chi connectivity index (χ4n) is 3.53. The van der Waals surface area contributed by atoms with Crippen LogP contribution in [-0.4, -0.2) is 19.5 Å². The lowest BCUT2D eigenvalue weighted by atomic mass is 10.1. The van der Waals surface area contributed by atoms with Crippen molar-refractivity contribution >= 4 is 69.6 Å². The summed E-state index contributed by atoms with van der Waals surface area (Å²) in [6, 6.07) is 22.9. The summed E-state index contributed by atoms with van der Waals surface area (Å²) in [7, 11) is 0. The highest BCUT2D eigenvalue weighted by Gasteiger charge is 2.20. The third kappa shape index (κ3) is 2.89. The molecule has 2 heterocycles. The van der Waals surface area contributed by atoms with Gasteiger partial charge in [-0.1, -0.05) is 42.5 Å². The van der Waals surface area contributed by atoms with E-state index in [-0.39, 0.29) is 0 Å². The van der Waals surface area contributed by atoms with Crippen molar-refractivity contribution in [3.05, 3.63) is 80.7 Å². The number of benzene rings is 3. The minimum atomic E-state index is 0.482. The second-order valence-electron chi connectivity index (χ2n) is 6.20. The summed E-state index contributed by atoms with van der Waals surface area (Å²) < 4.78 is 4.15. The first-order valence-electron chi connectivity index (χ1n) is 8.48. The van der Waals surface area contributed by atoms with Gasteiger partial charge < -0.3 is 4.57 Å². The third-order valence-electron chi connectivity index (χ3n) is 4.60. The molecule has 0 aliphatic rings. The van der Waals surface area contributed by atoms with Crippen LogP contribution in [0.25, 0.3) is 38.9 Å². The van der Waals surface area contributed by atoms with Crippen molar-refractivity contribution in [2.75, 3.05) is 0 Å². The highest BCUT2D eigenvalue weighted by molar-refractivity contribution is 9.11. The summed E-state index contributed by atoms with van der Waals surface area (Å²) >= 11 is 10.5. The molecule has 0 spiro atoms. The van der Waals surface area contributed by atoms with Crippen LogP contribution >= 0.6 is 47.8 Å². The molecule has 5 rings (SSSR count). The number of hydrogen-bond donors (Lipinski definition) is 0. The number of hydrogen-bond acceptors (Lipinski definition) is 3. The largest absolute Gasteiger partial charge is 0.308 e.